The molecule has 0 radical (unpaired) electrons. The Balaban J connectivity index is 2.78. The van der Waals surface area contributed by atoms with Crippen molar-refractivity contribution in [2.75, 3.05) is 5.43 Å². The van der Waals surface area contributed by atoms with E-state index in [4.69, 9.17) is 5.84 Å². The van der Waals surface area contributed by atoms with E-state index in [1.807, 2.05) is 23.7 Å². The molecule has 1 heterocycles. The number of nitrogens with zero attached hydrogens (tertiary/aromatic N) is 2. The largest absolute Gasteiger partial charge is 0.312 e. The first kappa shape index (κ1) is 9.98. The Kier molecular flexibility index (Phi) is 2.36. The maximum absolute atomic E-state index is 5.41. The Morgan fingerprint density at radius 3 is 2.73 bits per heavy atom. The van der Waals surface area contributed by atoms with Gasteiger partial charge in [-0.15, -0.1) is 0 Å². The second-order valence-corrected chi connectivity index (χ2v) is 4.01. The van der Waals surface area contributed by atoms with Crippen LogP contribution in [0.5, 0.6) is 0 Å². The second kappa shape index (κ2) is 3.55. The van der Waals surface area contributed by atoms with Crippen LogP contribution in [0.15, 0.2) is 18.2 Å². The molecular formula is C11H16N4. The van der Waals surface area contributed by atoms with Crippen molar-refractivity contribution in [2.24, 2.45) is 12.9 Å². The summed E-state index contributed by atoms with van der Waals surface area (Å²) in [5.41, 5.74) is 6.03. The number of imidazole rings is 1. The molecular weight excluding hydrogens is 188 g/mol. The lowest BCUT2D eigenvalue weighted by Crippen LogP contribution is -2.11. The van der Waals surface area contributed by atoms with Crippen molar-refractivity contribution < 1.29 is 0 Å². The van der Waals surface area contributed by atoms with E-state index in [9.17, 15) is 0 Å². The molecule has 0 bridgehead atoms. The van der Waals surface area contributed by atoms with Crippen molar-refractivity contribution in [1.82, 2.24) is 9.55 Å². The van der Waals surface area contributed by atoms with Crippen molar-refractivity contribution in [3.05, 3.63) is 23.8 Å². The number of anilines is 1. The lowest BCUT2D eigenvalue weighted by Gasteiger charge is -2.08. The third kappa shape index (κ3) is 1.47. The van der Waals surface area contributed by atoms with Gasteiger partial charge < -0.3 is 4.57 Å². The molecule has 0 spiro atoms. The van der Waals surface area contributed by atoms with E-state index >= 15 is 0 Å². The highest BCUT2D eigenvalue weighted by Crippen LogP contribution is 2.26. The van der Waals surface area contributed by atoms with Crippen LogP contribution in [0.2, 0.25) is 0 Å². The van der Waals surface area contributed by atoms with Gasteiger partial charge in [-0.3, -0.25) is 5.43 Å². The zero-order valence-electron chi connectivity index (χ0n) is 9.28. The average Bonchev–Trinajstić information content (AvgIpc) is 2.55. The molecule has 1 aromatic carbocycles. The number of rotatable bonds is 2. The molecule has 0 aliphatic carbocycles. The van der Waals surface area contributed by atoms with Crippen molar-refractivity contribution in [3.8, 4) is 0 Å². The van der Waals surface area contributed by atoms with Crippen LogP contribution in [0.25, 0.3) is 11.0 Å². The first-order valence-corrected chi connectivity index (χ1v) is 5.07. The monoisotopic (exact) mass is 204 g/mol. The third-order valence-electron chi connectivity index (χ3n) is 2.68. The highest BCUT2D eigenvalue weighted by molar-refractivity contribution is 5.82. The van der Waals surface area contributed by atoms with Gasteiger partial charge in [-0.1, -0.05) is 26.0 Å². The van der Waals surface area contributed by atoms with Gasteiger partial charge in [-0.25, -0.2) is 10.8 Å². The summed E-state index contributed by atoms with van der Waals surface area (Å²) < 4.78 is 1.99. The zero-order chi connectivity index (χ0) is 11.0. The van der Waals surface area contributed by atoms with E-state index in [1.165, 1.54) is 5.56 Å². The quantitative estimate of drug-likeness (QED) is 0.581. The SMILES string of the molecule is CC(C)c1cccc2nc(NN)n(C)c12. The number of aromatic nitrogens is 2. The fourth-order valence-electron chi connectivity index (χ4n) is 1.89. The predicted octanol–water partition coefficient (Wildman–Crippen LogP) is 1.98. The number of para-hydroxylation sites is 1. The molecule has 2 rings (SSSR count). The van der Waals surface area contributed by atoms with Crippen molar-refractivity contribution in [1.29, 1.82) is 0 Å². The number of hydrogen-bond acceptors (Lipinski definition) is 3. The van der Waals surface area contributed by atoms with Crippen molar-refractivity contribution in [2.45, 2.75) is 19.8 Å². The molecule has 0 unspecified atom stereocenters. The normalized spacial score (nSPS) is 11.3. The molecule has 0 amide bonds. The summed E-state index contributed by atoms with van der Waals surface area (Å²) in [6.45, 7) is 4.36. The van der Waals surface area contributed by atoms with Gasteiger partial charge in [-0.2, -0.15) is 0 Å². The number of aryl methyl sites for hydroxylation is 1. The summed E-state index contributed by atoms with van der Waals surface area (Å²) in [7, 11) is 1.97. The minimum absolute atomic E-state index is 0.481. The Bertz CT molecular complexity index is 485. The van der Waals surface area contributed by atoms with Crippen molar-refractivity contribution in [3.63, 3.8) is 0 Å². The van der Waals surface area contributed by atoms with Crippen LogP contribution in [0, 0.1) is 0 Å². The Labute approximate surface area is 89.1 Å². The number of fused-ring (bicyclic) bond motifs is 1. The maximum atomic E-state index is 5.41. The van der Waals surface area contributed by atoms with Crippen LogP contribution < -0.4 is 11.3 Å². The van der Waals surface area contributed by atoms with Gasteiger partial charge in [0.25, 0.3) is 0 Å². The van der Waals surface area contributed by atoms with Gasteiger partial charge >= 0.3 is 0 Å². The number of nitrogen functional groups attached to an aromatic ring is 1. The summed E-state index contributed by atoms with van der Waals surface area (Å²) >= 11 is 0. The first-order chi connectivity index (χ1) is 7.15. The Hall–Kier alpha value is -1.55. The molecule has 15 heavy (non-hydrogen) atoms. The predicted molar refractivity (Wildman–Crippen MR) is 62.6 cm³/mol. The third-order valence-corrected chi connectivity index (χ3v) is 2.68. The molecule has 4 nitrogen and oxygen atoms in total. The molecule has 0 aliphatic rings. The minimum atomic E-state index is 0.481. The van der Waals surface area contributed by atoms with Gasteiger partial charge in [0.1, 0.15) is 0 Å². The molecule has 0 saturated carbocycles. The molecule has 0 fully saturated rings. The number of benzene rings is 1. The van der Waals surface area contributed by atoms with Gasteiger partial charge in [0.15, 0.2) is 0 Å². The lowest BCUT2D eigenvalue weighted by atomic mass is 10.0. The number of nitrogens with two attached hydrogens (primary N) is 1. The minimum Gasteiger partial charge on any atom is -0.312 e. The topological polar surface area (TPSA) is 55.9 Å². The standard InChI is InChI=1S/C11H16N4/c1-7(2)8-5-4-6-9-10(8)15(3)11(13-9)14-12/h4-7H,12H2,1-3H3,(H,13,14). The van der Waals surface area contributed by atoms with Crippen LogP contribution in [-0.2, 0) is 7.05 Å². The van der Waals surface area contributed by atoms with Crippen LogP contribution >= 0.6 is 0 Å². The summed E-state index contributed by atoms with van der Waals surface area (Å²) in [5.74, 6) is 6.58. The molecule has 80 valence electrons. The molecule has 0 atom stereocenters. The van der Waals surface area contributed by atoms with E-state index in [1.54, 1.807) is 0 Å². The van der Waals surface area contributed by atoms with Crippen LogP contribution in [0.1, 0.15) is 25.3 Å². The first-order valence-electron chi connectivity index (χ1n) is 5.07. The molecule has 0 saturated heterocycles. The van der Waals surface area contributed by atoms with Crippen LogP contribution in [-0.4, -0.2) is 9.55 Å². The van der Waals surface area contributed by atoms with E-state index in [0.717, 1.165) is 11.0 Å². The number of nitrogens with one attached hydrogen (secondary N) is 1. The molecule has 3 N–H and O–H groups in total. The van der Waals surface area contributed by atoms with Crippen LogP contribution in [0.4, 0.5) is 5.95 Å². The highest BCUT2D eigenvalue weighted by Gasteiger charge is 2.12. The van der Waals surface area contributed by atoms with E-state index < -0.39 is 0 Å². The van der Waals surface area contributed by atoms with Crippen LogP contribution in [0.3, 0.4) is 0 Å². The zero-order valence-corrected chi connectivity index (χ0v) is 9.28. The van der Waals surface area contributed by atoms with Gasteiger partial charge in [0.2, 0.25) is 5.95 Å². The second-order valence-electron chi connectivity index (χ2n) is 4.01. The number of hydrogen-bond donors (Lipinski definition) is 2. The molecule has 4 heteroatoms. The smallest absolute Gasteiger partial charge is 0.218 e. The molecule has 1 aromatic heterocycles. The summed E-state index contributed by atoms with van der Waals surface area (Å²) in [6.07, 6.45) is 0. The summed E-state index contributed by atoms with van der Waals surface area (Å²) in [6, 6.07) is 6.17. The summed E-state index contributed by atoms with van der Waals surface area (Å²) in [4.78, 5) is 4.40. The number of hydrazine groups is 1. The van der Waals surface area contributed by atoms with Gasteiger partial charge in [-0.05, 0) is 17.5 Å². The highest BCUT2D eigenvalue weighted by atomic mass is 15.3. The Morgan fingerprint density at radius 1 is 1.40 bits per heavy atom. The van der Waals surface area contributed by atoms with Gasteiger partial charge in [0, 0.05) is 7.05 Å². The van der Waals surface area contributed by atoms with E-state index in [-0.39, 0.29) is 0 Å². The maximum Gasteiger partial charge on any atom is 0.218 e. The fraction of sp³-hybridized carbons (Fsp3) is 0.364. The van der Waals surface area contributed by atoms with Gasteiger partial charge in [0.05, 0.1) is 11.0 Å². The Morgan fingerprint density at radius 2 is 2.13 bits per heavy atom. The summed E-state index contributed by atoms with van der Waals surface area (Å²) in [5, 5.41) is 0. The lowest BCUT2D eigenvalue weighted by molar-refractivity contribution is 0.855. The molecule has 0 aliphatic heterocycles. The molecule has 2 aromatic rings. The van der Waals surface area contributed by atoms with E-state index in [2.05, 4.69) is 30.3 Å². The fourth-order valence-corrected chi connectivity index (χ4v) is 1.89. The van der Waals surface area contributed by atoms with E-state index in [0.29, 0.717) is 11.9 Å². The average molecular weight is 204 g/mol. The van der Waals surface area contributed by atoms with Crippen molar-refractivity contribution >= 4 is 17.0 Å².